The van der Waals surface area contributed by atoms with Crippen LogP contribution in [0.3, 0.4) is 0 Å². The normalized spacial score (nSPS) is 15.0. The Morgan fingerprint density at radius 3 is 2.58 bits per heavy atom. The summed E-state index contributed by atoms with van der Waals surface area (Å²) >= 11 is 3.41. The standard InChI is InChI=1S/C34H35BrN4O5.H2S/c1-22-31-11-12-38(17-27(31)6-9-32(22)43-20-30-16-36-21-44-30)19-29(40)15-37-33(41)25-2-3-26-18-39(13-10-24(26)14-25)34(42)23-4-7-28(35)8-5-23;/h2-9,14,16,21,29,40H,10-13,15,17-20H2,1H3,(H,37,41);1H2/t29-;/m0./s1. The SMILES string of the molecule is Cc1c(OCc2cnco2)ccc2c1CCN(C[C@@H](O)CNC(=O)c1ccc3c(c1)CCN(C(=O)c1ccc(Br)cc1)C3)C2.S. The van der Waals surface area contributed by atoms with E-state index in [0.29, 0.717) is 49.5 Å². The number of aliphatic hydroxyl groups excluding tert-OH is 1. The molecule has 4 aromatic rings. The Bertz CT molecular complexity index is 1650. The Hall–Kier alpha value is -3.64. The van der Waals surface area contributed by atoms with Crippen molar-refractivity contribution in [2.45, 2.75) is 45.6 Å². The first-order valence-corrected chi connectivity index (χ1v) is 15.6. The number of hydrogen-bond acceptors (Lipinski definition) is 7. The van der Waals surface area contributed by atoms with E-state index in [-0.39, 0.29) is 31.9 Å². The minimum Gasteiger partial charge on any atom is -0.485 e. The Morgan fingerprint density at radius 2 is 1.80 bits per heavy atom. The Labute approximate surface area is 278 Å². The molecule has 1 atom stereocenters. The van der Waals surface area contributed by atoms with Crippen molar-refractivity contribution in [3.8, 4) is 5.75 Å². The van der Waals surface area contributed by atoms with Crippen LogP contribution in [0.15, 0.2) is 76.1 Å². The van der Waals surface area contributed by atoms with Gasteiger partial charge in [-0.25, -0.2) is 4.98 Å². The molecule has 11 heteroatoms. The van der Waals surface area contributed by atoms with Gasteiger partial charge >= 0.3 is 0 Å². The summed E-state index contributed by atoms with van der Waals surface area (Å²) in [4.78, 5) is 33.9. The number of hydrogen-bond donors (Lipinski definition) is 2. The van der Waals surface area contributed by atoms with Crippen LogP contribution in [0.25, 0.3) is 0 Å². The minimum atomic E-state index is -0.693. The molecule has 0 unspecified atom stereocenters. The third-order valence-corrected chi connectivity index (χ3v) is 8.93. The molecule has 2 aliphatic rings. The fraction of sp³-hybridized carbons (Fsp3) is 0.324. The highest BCUT2D eigenvalue weighted by atomic mass is 79.9. The van der Waals surface area contributed by atoms with Gasteiger partial charge in [0.05, 0.1) is 12.3 Å². The third-order valence-electron chi connectivity index (χ3n) is 8.40. The van der Waals surface area contributed by atoms with Gasteiger partial charge in [-0.2, -0.15) is 13.5 Å². The summed E-state index contributed by atoms with van der Waals surface area (Å²) in [5.41, 5.74) is 6.99. The number of amides is 2. The number of halogens is 1. The second kappa shape index (κ2) is 14.6. The molecule has 236 valence electrons. The summed E-state index contributed by atoms with van der Waals surface area (Å²) in [5, 5.41) is 13.7. The molecule has 0 saturated carbocycles. The Balaban J connectivity index is 0.00000400. The van der Waals surface area contributed by atoms with Crippen molar-refractivity contribution in [2.75, 3.05) is 26.2 Å². The van der Waals surface area contributed by atoms with Crippen LogP contribution in [0.4, 0.5) is 0 Å². The van der Waals surface area contributed by atoms with E-state index in [1.54, 1.807) is 12.3 Å². The van der Waals surface area contributed by atoms with Gasteiger partial charge in [0.15, 0.2) is 12.2 Å². The van der Waals surface area contributed by atoms with E-state index in [4.69, 9.17) is 9.15 Å². The van der Waals surface area contributed by atoms with Crippen LogP contribution in [-0.4, -0.2) is 64.0 Å². The van der Waals surface area contributed by atoms with Gasteiger partial charge in [0.25, 0.3) is 11.8 Å². The molecule has 3 heterocycles. The van der Waals surface area contributed by atoms with E-state index in [0.717, 1.165) is 46.4 Å². The summed E-state index contributed by atoms with van der Waals surface area (Å²) in [5.74, 6) is 1.31. The van der Waals surface area contributed by atoms with Crippen molar-refractivity contribution in [2.24, 2.45) is 0 Å². The van der Waals surface area contributed by atoms with E-state index in [1.165, 1.54) is 17.5 Å². The summed E-state index contributed by atoms with van der Waals surface area (Å²) < 4.78 is 12.1. The summed E-state index contributed by atoms with van der Waals surface area (Å²) in [6.45, 7) is 5.71. The fourth-order valence-corrected chi connectivity index (χ4v) is 6.23. The summed E-state index contributed by atoms with van der Waals surface area (Å²) in [6, 6.07) is 17.1. The van der Waals surface area contributed by atoms with Gasteiger partial charge in [0.1, 0.15) is 12.4 Å². The molecule has 0 saturated heterocycles. The molecule has 0 spiro atoms. The highest BCUT2D eigenvalue weighted by molar-refractivity contribution is 9.10. The zero-order valence-electron chi connectivity index (χ0n) is 25.1. The van der Waals surface area contributed by atoms with Crippen molar-refractivity contribution in [1.29, 1.82) is 0 Å². The maximum atomic E-state index is 12.9. The number of aliphatic hydroxyl groups is 1. The average Bonchev–Trinajstić information content (AvgIpc) is 3.57. The predicted octanol–water partition coefficient (Wildman–Crippen LogP) is 4.78. The Morgan fingerprint density at radius 1 is 1.02 bits per heavy atom. The van der Waals surface area contributed by atoms with Crippen molar-refractivity contribution in [1.82, 2.24) is 20.1 Å². The maximum absolute atomic E-state index is 12.9. The molecule has 2 aliphatic heterocycles. The second-order valence-electron chi connectivity index (χ2n) is 11.4. The number of carbonyl (C=O) groups is 2. The van der Waals surface area contributed by atoms with Crippen LogP contribution in [-0.2, 0) is 32.5 Å². The first-order valence-electron chi connectivity index (χ1n) is 14.8. The number of nitrogens with zero attached hydrogens (tertiary/aromatic N) is 3. The largest absolute Gasteiger partial charge is 0.485 e. The first kappa shape index (κ1) is 32.7. The van der Waals surface area contributed by atoms with Crippen molar-refractivity contribution >= 4 is 41.2 Å². The number of carbonyl (C=O) groups excluding carboxylic acids is 2. The van der Waals surface area contributed by atoms with Crippen LogP contribution in [0.1, 0.15) is 54.3 Å². The quantitative estimate of drug-likeness (QED) is 0.260. The predicted molar refractivity (Wildman–Crippen MR) is 179 cm³/mol. The molecular weight excluding hydrogens is 656 g/mol. The molecule has 3 aromatic carbocycles. The van der Waals surface area contributed by atoms with Crippen LogP contribution < -0.4 is 10.1 Å². The molecular formula is C34H37BrN4O5S. The zero-order valence-corrected chi connectivity index (χ0v) is 27.7. The number of aromatic nitrogens is 1. The second-order valence-corrected chi connectivity index (χ2v) is 12.3. The molecule has 45 heavy (non-hydrogen) atoms. The monoisotopic (exact) mass is 692 g/mol. The lowest BCUT2D eigenvalue weighted by Crippen LogP contribution is -2.42. The minimum absolute atomic E-state index is 0. The van der Waals surface area contributed by atoms with E-state index in [2.05, 4.69) is 44.1 Å². The van der Waals surface area contributed by atoms with Crippen LogP contribution in [0.5, 0.6) is 5.75 Å². The van der Waals surface area contributed by atoms with Gasteiger partial charge < -0.3 is 24.5 Å². The van der Waals surface area contributed by atoms with Gasteiger partial charge in [0.2, 0.25) is 0 Å². The lowest BCUT2D eigenvalue weighted by atomic mass is 9.94. The molecule has 0 radical (unpaired) electrons. The van der Waals surface area contributed by atoms with Crippen LogP contribution in [0, 0.1) is 6.92 Å². The number of nitrogens with one attached hydrogen (secondary N) is 1. The molecule has 2 amide bonds. The number of β-amino-alcohol motifs (C(OH)–C–C–N with tert-alkyl or cyclic N) is 1. The number of fused-ring (bicyclic) bond motifs is 2. The summed E-state index contributed by atoms with van der Waals surface area (Å²) in [6.07, 6.45) is 3.90. The maximum Gasteiger partial charge on any atom is 0.254 e. The van der Waals surface area contributed by atoms with Gasteiger partial charge in [0, 0.05) is 54.9 Å². The van der Waals surface area contributed by atoms with Crippen LogP contribution in [0.2, 0.25) is 0 Å². The lowest BCUT2D eigenvalue weighted by Gasteiger charge is -2.31. The third kappa shape index (κ3) is 7.78. The number of rotatable bonds is 9. The number of benzene rings is 3. The van der Waals surface area contributed by atoms with Crippen LogP contribution >= 0.6 is 29.4 Å². The molecule has 6 rings (SSSR count). The van der Waals surface area contributed by atoms with Crippen molar-refractivity contribution < 1.29 is 23.8 Å². The Kier molecular flexibility index (Phi) is 10.7. The highest BCUT2D eigenvalue weighted by Crippen LogP contribution is 2.30. The van der Waals surface area contributed by atoms with Gasteiger partial charge in [-0.05, 0) is 90.0 Å². The molecule has 1 aromatic heterocycles. The molecule has 0 bridgehead atoms. The average molecular weight is 694 g/mol. The van der Waals surface area contributed by atoms with Crippen molar-refractivity contribution in [3.05, 3.63) is 116 Å². The van der Waals surface area contributed by atoms with Gasteiger partial charge in [-0.3, -0.25) is 14.5 Å². The van der Waals surface area contributed by atoms with Gasteiger partial charge in [-0.1, -0.05) is 28.1 Å². The molecule has 9 nitrogen and oxygen atoms in total. The highest BCUT2D eigenvalue weighted by Gasteiger charge is 2.24. The molecule has 0 aliphatic carbocycles. The van der Waals surface area contributed by atoms with E-state index in [1.807, 2.05) is 47.4 Å². The van der Waals surface area contributed by atoms with Gasteiger partial charge in [-0.15, -0.1) is 0 Å². The van der Waals surface area contributed by atoms with E-state index in [9.17, 15) is 14.7 Å². The first-order chi connectivity index (χ1) is 21.3. The summed E-state index contributed by atoms with van der Waals surface area (Å²) in [7, 11) is 0. The van der Waals surface area contributed by atoms with E-state index < -0.39 is 6.10 Å². The zero-order chi connectivity index (χ0) is 30.6. The van der Waals surface area contributed by atoms with Crippen molar-refractivity contribution in [3.63, 3.8) is 0 Å². The smallest absolute Gasteiger partial charge is 0.254 e. The fourth-order valence-electron chi connectivity index (χ4n) is 5.97. The lowest BCUT2D eigenvalue weighted by molar-refractivity contribution is 0.0734. The van der Waals surface area contributed by atoms with E-state index >= 15 is 0 Å². The molecule has 2 N–H and O–H groups in total. The molecule has 0 fully saturated rings. The topological polar surface area (TPSA) is 108 Å². The number of ether oxygens (including phenoxy) is 1. The number of oxazole rings is 1.